The van der Waals surface area contributed by atoms with Crippen LogP contribution in [0.2, 0.25) is 0 Å². The van der Waals surface area contributed by atoms with E-state index in [1.165, 1.54) is 128 Å². The van der Waals surface area contributed by atoms with E-state index in [0.29, 0.717) is 17.0 Å². The zero-order valence-electron chi connectivity index (χ0n) is 38.7. The van der Waals surface area contributed by atoms with Gasteiger partial charge in [-0.05, 0) is 164 Å². The molecule has 5 aliphatic rings. The molecule has 9 aromatic rings. The lowest BCUT2D eigenvalue weighted by Crippen LogP contribution is -2.27. The second kappa shape index (κ2) is 14.1. The maximum Gasteiger partial charge on any atom is 0.193 e. The summed E-state index contributed by atoms with van der Waals surface area (Å²) in [7, 11) is 0. The van der Waals surface area contributed by atoms with Crippen molar-refractivity contribution in [3.05, 3.63) is 284 Å². The SMILES string of the molecule is CC1=CC=C(C)C(c2ccc3c(c2)C2(c4ccccc4-c4ccc(C(=O)c5ccc6c(c5)C5(c7ccccc7-c7ccccc75)c5ccccc5-6)cc42)c2cc(-c4cc(C)ccc4C)ccc2-3)C1. The molecule has 0 bridgehead atoms. The van der Waals surface area contributed by atoms with Gasteiger partial charge in [-0.15, -0.1) is 0 Å². The fourth-order valence-electron chi connectivity index (χ4n) is 13.5. The first kappa shape index (κ1) is 39.3. The van der Waals surface area contributed by atoms with E-state index >= 15 is 4.79 Å². The van der Waals surface area contributed by atoms with Gasteiger partial charge < -0.3 is 0 Å². The van der Waals surface area contributed by atoms with E-state index in [9.17, 15) is 0 Å². The average Bonchev–Trinajstić information content (AvgIpc) is 4.05. The Kier molecular flexibility index (Phi) is 8.14. The van der Waals surface area contributed by atoms with Gasteiger partial charge in [-0.1, -0.05) is 199 Å². The fraction of sp³-hybridized carbons (Fsp3) is 0.119. The number of fused-ring (bicyclic) bond motifs is 20. The normalized spacial score (nSPS) is 17.9. The van der Waals surface area contributed by atoms with E-state index < -0.39 is 10.8 Å². The van der Waals surface area contributed by atoms with Crippen molar-refractivity contribution in [1.29, 1.82) is 0 Å². The molecule has 0 amide bonds. The smallest absolute Gasteiger partial charge is 0.193 e. The van der Waals surface area contributed by atoms with Crippen molar-refractivity contribution in [2.45, 2.75) is 50.9 Å². The van der Waals surface area contributed by atoms with Gasteiger partial charge >= 0.3 is 0 Å². The molecule has 5 aliphatic carbocycles. The largest absolute Gasteiger partial charge is 0.289 e. The van der Waals surface area contributed by atoms with Gasteiger partial charge in [0.15, 0.2) is 5.78 Å². The Labute approximate surface area is 398 Å². The first-order valence-corrected chi connectivity index (χ1v) is 24.2. The van der Waals surface area contributed by atoms with Gasteiger partial charge in [0, 0.05) is 17.0 Å². The Hall–Kier alpha value is -7.87. The third kappa shape index (κ3) is 5.03. The minimum atomic E-state index is -0.644. The summed E-state index contributed by atoms with van der Waals surface area (Å²) in [6, 6.07) is 69.9. The fourth-order valence-corrected chi connectivity index (χ4v) is 13.5. The topological polar surface area (TPSA) is 17.1 Å². The van der Waals surface area contributed by atoms with Gasteiger partial charge in [0.25, 0.3) is 0 Å². The van der Waals surface area contributed by atoms with Gasteiger partial charge in [-0.25, -0.2) is 0 Å². The van der Waals surface area contributed by atoms with Crippen LogP contribution < -0.4 is 0 Å². The number of ketones is 1. The van der Waals surface area contributed by atoms with Gasteiger partial charge in [0.05, 0.1) is 10.8 Å². The minimum Gasteiger partial charge on any atom is -0.289 e. The van der Waals surface area contributed by atoms with E-state index in [0.717, 1.165) is 6.42 Å². The highest BCUT2D eigenvalue weighted by Crippen LogP contribution is 2.65. The molecular weight excluding hydrogens is 821 g/mol. The van der Waals surface area contributed by atoms with Crippen LogP contribution in [0.3, 0.4) is 0 Å². The van der Waals surface area contributed by atoms with Crippen LogP contribution >= 0.6 is 0 Å². The number of aryl methyl sites for hydroxylation is 2. The summed E-state index contributed by atoms with van der Waals surface area (Å²) < 4.78 is 0. The van der Waals surface area contributed by atoms with Gasteiger partial charge in [-0.3, -0.25) is 4.79 Å². The van der Waals surface area contributed by atoms with Crippen molar-refractivity contribution < 1.29 is 4.79 Å². The van der Waals surface area contributed by atoms with Crippen molar-refractivity contribution in [1.82, 2.24) is 0 Å². The number of benzene rings is 9. The number of hydrogen-bond donors (Lipinski definition) is 0. The second-order valence-corrected chi connectivity index (χ2v) is 20.1. The Morgan fingerprint density at radius 3 is 1.38 bits per heavy atom. The molecule has 68 heavy (non-hydrogen) atoms. The summed E-state index contributed by atoms with van der Waals surface area (Å²) in [6.45, 7) is 8.93. The summed E-state index contributed by atoms with van der Waals surface area (Å²) in [6.07, 6.45) is 5.59. The molecule has 2 unspecified atom stereocenters. The molecule has 2 spiro atoms. The highest BCUT2D eigenvalue weighted by Gasteiger charge is 2.54. The van der Waals surface area contributed by atoms with E-state index in [1.54, 1.807) is 0 Å². The molecule has 0 saturated heterocycles. The first-order chi connectivity index (χ1) is 33.3. The highest BCUT2D eigenvalue weighted by atomic mass is 16.1. The summed E-state index contributed by atoms with van der Waals surface area (Å²) >= 11 is 0. The number of allylic oxidation sites excluding steroid dienone is 4. The van der Waals surface area contributed by atoms with Crippen LogP contribution in [0.15, 0.2) is 211 Å². The summed E-state index contributed by atoms with van der Waals surface area (Å²) in [5.74, 6) is 0.336. The van der Waals surface area contributed by atoms with Crippen LogP contribution in [0.25, 0.3) is 55.6 Å². The van der Waals surface area contributed by atoms with Crippen LogP contribution in [0.5, 0.6) is 0 Å². The van der Waals surface area contributed by atoms with Crippen LogP contribution in [0.1, 0.15) is 103 Å². The molecule has 1 heteroatoms. The number of hydrogen-bond acceptors (Lipinski definition) is 1. The lowest BCUT2D eigenvalue weighted by atomic mass is 9.69. The lowest BCUT2D eigenvalue weighted by molar-refractivity contribution is 0.103. The zero-order chi connectivity index (χ0) is 45.6. The van der Waals surface area contributed by atoms with Gasteiger partial charge in [0.1, 0.15) is 0 Å². The van der Waals surface area contributed by atoms with E-state index in [-0.39, 0.29) is 5.78 Å². The molecule has 0 fully saturated rings. The van der Waals surface area contributed by atoms with Crippen molar-refractivity contribution in [2.75, 3.05) is 0 Å². The van der Waals surface area contributed by atoms with Crippen LogP contribution in [-0.2, 0) is 10.8 Å². The van der Waals surface area contributed by atoms with E-state index in [4.69, 9.17) is 0 Å². The van der Waals surface area contributed by atoms with Crippen molar-refractivity contribution in [3.63, 3.8) is 0 Å². The highest BCUT2D eigenvalue weighted by molar-refractivity contribution is 6.11. The molecule has 0 heterocycles. The quantitative estimate of drug-likeness (QED) is 0.161. The third-order valence-electron chi connectivity index (χ3n) is 16.5. The van der Waals surface area contributed by atoms with E-state index in [1.807, 2.05) is 0 Å². The molecule has 1 nitrogen and oxygen atoms in total. The van der Waals surface area contributed by atoms with Crippen LogP contribution in [-0.4, -0.2) is 5.78 Å². The van der Waals surface area contributed by atoms with Gasteiger partial charge in [0.2, 0.25) is 0 Å². The van der Waals surface area contributed by atoms with Crippen LogP contribution in [0.4, 0.5) is 0 Å². The Morgan fingerprint density at radius 2 is 0.838 bits per heavy atom. The maximum atomic E-state index is 15.6. The van der Waals surface area contributed by atoms with E-state index in [2.05, 4.69) is 228 Å². The zero-order valence-corrected chi connectivity index (χ0v) is 38.7. The van der Waals surface area contributed by atoms with Crippen molar-refractivity contribution >= 4 is 5.78 Å². The maximum absolute atomic E-state index is 15.6. The molecule has 0 saturated carbocycles. The average molecular weight is 869 g/mol. The predicted octanol–water partition coefficient (Wildman–Crippen LogP) is 16.3. The lowest BCUT2D eigenvalue weighted by Gasteiger charge is -2.32. The summed E-state index contributed by atoms with van der Waals surface area (Å²) in [5.41, 5.74) is 29.3. The molecule has 2 atom stereocenters. The minimum absolute atomic E-state index is 0.0361. The molecule has 0 aromatic heterocycles. The Morgan fingerprint density at radius 1 is 0.397 bits per heavy atom. The molecule has 14 rings (SSSR count). The second-order valence-electron chi connectivity index (χ2n) is 20.1. The monoisotopic (exact) mass is 868 g/mol. The number of carbonyl (C=O) groups is 1. The molecule has 0 radical (unpaired) electrons. The molecular formula is C67H48O. The molecule has 322 valence electrons. The summed E-state index contributed by atoms with van der Waals surface area (Å²) in [5, 5.41) is 0. The van der Waals surface area contributed by atoms with Gasteiger partial charge in [-0.2, -0.15) is 0 Å². The van der Waals surface area contributed by atoms with Crippen molar-refractivity contribution in [3.8, 4) is 55.6 Å². The number of rotatable bonds is 4. The molecule has 9 aromatic carbocycles. The van der Waals surface area contributed by atoms with Crippen molar-refractivity contribution in [2.24, 2.45) is 0 Å². The molecule has 0 aliphatic heterocycles. The standard InChI is InChI=1S/C67H48O/c1-39-21-23-41(3)55(33-39)43-25-29-53-54-30-26-44(56-34-40(2)22-24-42(56)4)36-62(54)67(61(53)35-43)60-20-12-8-16-50(60)52-32-28-46(38-64(52)67)65(68)45-27-31-51-49-15-7-11-19-59(49)66(63(51)37-45)57-17-9-5-13-47(57)48-14-6-10-18-58(48)66/h5-33,35-38,56H,34H2,1-4H3. The third-order valence-corrected chi connectivity index (χ3v) is 16.5. The molecule has 0 N–H and O–H groups in total. The van der Waals surface area contributed by atoms with Crippen LogP contribution in [0, 0.1) is 13.8 Å². The Bertz CT molecular complexity index is 3730. The number of carbonyl (C=O) groups excluding carboxylic acids is 1. The first-order valence-electron chi connectivity index (χ1n) is 24.2. The predicted molar refractivity (Wildman–Crippen MR) is 279 cm³/mol. The Balaban J connectivity index is 0.988. The summed E-state index contributed by atoms with van der Waals surface area (Å²) in [4.78, 5) is 15.6.